The maximum Gasteiger partial charge on any atom is 0.166 e. The molecule has 13 nitrogen and oxygen atoms in total. The number of nitrogens with two attached hydrogens (primary N) is 2. The highest BCUT2D eigenvalue weighted by molar-refractivity contribution is 5.93. The molecule has 4 N–H and O–H groups in total. The maximum atomic E-state index is 14.2. The molecule has 360 valence electrons. The van der Waals surface area contributed by atoms with E-state index < -0.39 is 0 Å². The van der Waals surface area contributed by atoms with Crippen LogP contribution in [0.3, 0.4) is 0 Å². The molecule has 12 rings (SSSR count). The number of rotatable bonds is 12. The monoisotopic (exact) mass is 950 g/mol. The van der Waals surface area contributed by atoms with Crippen LogP contribution in [0.25, 0.3) is 77.9 Å². The number of fused-ring (bicyclic) bond motifs is 4. The summed E-state index contributed by atoms with van der Waals surface area (Å²) in [6, 6.07) is 41.2. The van der Waals surface area contributed by atoms with Gasteiger partial charge in [0.25, 0.3) is 0 Å². The zero-order valence-electron chi connectivity index (χ0n) is 40.8. The summed E-state index contributed by atoms with van der Waals surface area (Å²) in [6.07, 6.45) is 13.0. The number of nitrogen functional groups attached to an aromatic ring is 2. The molecule has 0 amide bonds. The number of carbonyl (C=O) groups excluding carboxylic acids is 1. The normalized spacial score (nSPS) is 16.2. The van der Waals surface area contributed by atoms with E-state index in [1.165, 1.54) is 0 Å². The lowest BCUT2D eigenvalue weighted by Crippen LogP contribution is -2.52. The van der Waals surface area contributed by atoms with Crippen LogP contribution in [0, 0.1) is 11.8 Å². The van der Waals surface area contributed by atoms with Crippen molar-refractivity contribution >= 4 is 50.3 Å². The van der Waals surface area contributed by atoms with Crippen LogP contribution in [0.15, 0.2) is 146 Å². The van der Waals surface area contributed by atoms with E-state index in [1.54, 1.807) is 12.4 Å². The van der Waals surface area contributed by atoms with Gasteiger partial charge in [-0.25, -0.2) is 29.9 Å². The zero-order chi connectivity index (χ0) is 48.9. The number of piperidine rings is 2. The minimum Gasteiger partial charge on any atom is -0.382 e. The Morgan fingerprint density at radius 2 is 0.931 bits per heavy atom. The SMILES string of the molecule is CC(C(=O)C(C)N1CCC(Cc2nc(-c3ccc4ccc(-c5ccccc5)nc4c3)c3c(N)nccn23)CC1)N1CCC(Cc2nc(-c3ccc4ccc(-c5ccccc5)nc4c3)c3c(N)nccn23)CC1. The number of benzene rings is 4. The van der Waals surface area contributed by atoms with E-state index in [1.807, 2.05) is 48.8 Å². The minimum absolute atomic E-state index is 0.156. The predicted molar refractivity (Wildman–Crippen MR) is 287 cm³/mol. The first-order valence-corrected chi connectivity index (χ1v) is 25.4. The van der Waals surface area contributed by atoms with Gasteiger partial charge in [-0.3, -0.25) is 23.4 Å². The summed E-state index contributed by atoms with van der Waals surface area (Å²) in [5.41, 5.74) is 24.2. The lowest BCUT2D eigenvalue weighted by Gasteiger charge is -2.39. The summed E-state index contributed by atoms with van der Waals surface area (Å²) in [4.78, 5) is 48.5. The van der Waals surface area contributed by atoms with Crippen molar-refractivity contribution in [1.82, 2.24) is 48.5 Å². The summed E-state index contributed by atoms with van der Waals surface area (Å²) < 4.78 is 4.23. The molecule has 0 spiro atoms. The molecule has 10 aromatic rings. The van der Waals surface area contributed by atoms with Crippen molar-refractivity contribution in [3.63, 3.8) is 0 Å². The van der Waals surface area contributed by atoms with Crippen molar-refractivity contribution in [2.45, 2.75) is 64.5 Å². The first-order valence-electron chi connectivity index (χ1n) is 25.4. The molecule has 0 aliphatic carbocycles. The third kappa shape index (κ3) is 8.62. The fourth-order valence-corrected chi connectivity index (χ4v) is 11.3. The second kappa shape index (κ2) is 19.0. The summed E-state index contributed by atoms with van der Waals surface area (Å²) in [5.74, 6) is 4.00. The Bertz CT molecular complexity index is 3370. The first-order chi connectivity index (χ1) is 35.2. The van der Waals surface area contributed by atoms with Crippen LogP contribution in [0.4, 0.5) is 11.6 Å². The van der Waals surface area contributed by atoms with Crippen LogP contribution < -0.4 is 11.5 Å². The highest BCUT2D eigenvalue weighted by atomic mass is 16.1. The van der Waals surface area contributed by atoms with Gasteiger partial charge in [0.1, 0.15) is 45.7 Å². The maximum absolute atomic E-state index is 14.2. The smallest absolute Gasteiger partial charge is 0.166 e. The molecule has 2 atom stereocenters. The quantitative estimate of drug-likeness (QED) is 0.120. The second-order valence-electron chi connectivity index (χ2n) is 19.9. The summed E-state index contributed by atoms with van der Waals surface area (Å²) in [5, 5.41) is 2.13. The van der Waals surface area contributed by atoms with Gasteiger partial charge in [-0.2, -0.15) is 0 Å². The van der Waals surface area contributed by atoms with Gasteiger partial charge in [-0.15, -0.1) is 0 Å². The zero-order valence-corrected chi connectivity index (χ0v) is 40.8. The van der Waals surface area contributed by atoms with Gasteiger partial charge < -0.3 is 11.5 Å². The Hall–Kier alpha value is -7.87. The summed E-state index contributed by atoms with van der Waals surface area (Å²) in [7, 11) is 0. The van der Waals surface area contributed by atoms with Gasteiger partial charge >= 0.3 is 0 Å². The summed E-state index contributed by atoms with van der Waals surface area (Å²) in [6.45, 7) is 7.70. The lowest BCUT2D eigenvalue weighted by molar-refractivity contribution is -0.129. The molecule has 72 heavy (non-hydrogen) atoms. The number of likely N-dealkylation sites (tertiary alicyclic amines) is 2. The average Bonchev–Trinajstić information content (AvgIpc) is 4.00. The molecule has 4 aromatic carbocycles. The van der Waals surface area contributed by atoms with E-state index in [2.05, 4.69) is 127 Å². The molecule has 2 fully saturated rings. The number of hydrogen-bond acceptors (Lipinski definition) is 11. The van der Waals surface area contributed by atoms with Crippen molar-refractivity contribution in [3.05, 3.63) is 158 Å². The molecular weight excluding hydrogens is 893 g/mol. The van der Waals surface area contributed by atoms with Crippen molar-refractivity contribution in [2.24, 2.45) is 11.8 Å². The van der Waals surface area contributed by atoms with Crippen LogP contribution in [-0.2, 0) is 17.6 Å². The fraction of sp³-hybridized carbons (Fsp3) is 0.271. The van der Waals surface area contributed by atoms with E-state index in [4.69, 9.17) is 31.4 Å². The lowest BCUT2D eigenvalue weighted by atomic mass is 9.90. The third-order valence-corrected chi connectivity index (χ3v) is 15.5. The van der Waals surface area contributed by atoms with Crippen LogP contribution in [-0.4, -0.2) is 92.6 Å². The van der Waals surface area contributed by atoms with Gasteiger partial charge in [-0.1, -0.05) is 97.1 Å². The van der Waals surface area contributed by atoms with E-state index >= 15 is 0 Å². The van der Waals surface area contributed by atoms with Gasteiger partial charge in [0.2, 0.25) is 0 Å². The van der Waals surface area contributed by atoms with Crippen molar-refractivity contribution in [2.75, 3.05) is 37.6 Å². The van der Waals surface area contributed by atoms with Gasteiger partial charge in [-0.05, 0) is 102 Å². The molecule has 13 heteroatoms. The Kier molecular flexibility index (Phi) is 12.0. The Morgan fingerprint density at radius 3 is 1.35 bits per heavy atom. The molecule has 2 aliphatic rings. The number of nitrogens with zero attached hydrogens (tertiary/aromatic N) is 10. The largest absolute Gasteiger partial charge is 0.382 e. The molecule has 0 saturated carbocycles. The van der Waals surface area contributed by atoms with Crippen molar-refractivity contribution < 1.29 is 4.79 Å². The van der Waals surface area contributed by atoms with Crippen LogP contribution in [0.2, 0.25) is 0 Å². The molecule has 0 radical (unpaired) electrons. The fourth-order valence-electron chi connectivity index (χ4n) is 11.3. The van der Waals surface area contributed by atoms with Crippen LogP contribution >= 0.6 is 0 Å². The third-order valence-electron chi connectivity index (χ3n) is 15.5. The van der Waals surface area contributed by atoms with E-state index in [9.17, 15) is 4.79 Å². The van der Waals surface area contributed by atoms with E-state index in [0.717, 1.165) is 154 Å². The molecule has 8 heterocycles. The number of hydrogen-bond donors (Lipinski definition) is 2. The number of pyridine rings is 2. The molecule has 6 aromatic heterocycles. The van der Waals surface area contributed by atoms with Crippen molar-refractivity contribution in [1.29, 1.82) is 0 Å². The van der Waals surface area contributed by atoms with E-state index in [-0.39, 0.29) is 12.1 Å². The number of imidazole rings is 2. The standard InChI is InChI=1S/C59H58N12O/c1-37(68-27-21-39(22-28-68)33-51-66-53(55-58(60)62-25-31-70(51)55)45-15-13-43-17-19-47(64-49(43)35-45)41-9-5-3-6-10-41)57(72)38(2)69-29-23-40(24-30-69)34-52-67-54(56-59(61)63-26-32-71(52)56)46-16-14-44-18-20-48(65-50(44)36-46)42-11-7-4-8-12-42/h3-20,25-26,31-32,35-40H,21-24,27-30,33-34H2,1-2H3,(H2,60,62)(H2,61,63). The molecule has 2 unspecified atom stereocenters. The number of carbonyl (C=O) groups is 1. The average molecular weight is 951 g/mol. The number of aromatic nitrogens is 8. The molecule has 2 aliphatic heterocycles. The molecular formula is C59H58N12O. The molecule has 2 saturated heterocycles. The first kappa shape index (κ1) is 45.3. The Morgan fingerprint density at radius 1 is 0.528 bits per heavy atom. The van der Waals surface area contributed by atoms with Gasteiger partial charge in [0.05, 0.1) is 34.5 Å². The van der Waals surface area contributed by atoms with Gasteiger partial charge in [0.15, 0.2) is 5.78 Å². The number of ketones is 1. The highest BCUT2D eigenvalue weighted by Gasteiger charge is 2.34. The topological polar surface area (TPSA) is 162 Å². The van der Waals surface area contributed by atoms with Crippen LogP contribution in [0.1, 0.15) is 51.2 Å². The van der Waals surface area contributed by atoms with E-state index in [0.29, 0.717) is 29.3 Å². The van der Waals surface area contributed by atoms with Gasteiger partial charge in [0, 0.05) is 70.7 Å². The minimum atomic E-state index is -0.156. The number of Topliss-reactive ketones (excluding diaryl/α,β-unsaturated/α-hetero) is 1. The van der Waals surface area contributed by atoms with Crippen molar-refractivity contribution in [3.8, 4) is 45.0 Å². The van der Waals surface area contributed by atoms with Crippen LogP contribution in [0.5, 0.6) is 0 Å². The Labute approximate surface area is 418 Å². The summed E-state index contributed by atoms with van der Waals surface area (Å²) >= 11 is 0. The molecule has 0 bridgehead atoms. The highest BCUT2D eigenvalue weighted by Crippen LogP contribution is 2.35. The second-order valence-corrected chi connectivity index (χ2v) is 19.9. The number of anilines is 2. The predicted octanol–water partition coefficient (Wildman–Crippen LogP) is 10.3. The Balaban J connectivity index is 0.678.